The largest absolute Gasteiger partial charge is 0.480 e. The van der Waals surface area contributed by atoms with E-state index in [1.54, 1.807) is 13.0 Å². The topological polar surface area (TPSA) is 89.6 Å². The lowest BCUT2D eigenvalue weighted by Gasteiger charge is -2.02. The van der Waals surface area contributed by atoms with Gasteiger partial charge in [0.1, 0.15) is 6.04 Å². The lowest BCUT2D eigenvalue weighted by molar-refractivity contribution is -0.139. The molecule has 0 aliphatic heterocycles. The number of nitrogens with two attached hydrogens (primary N) is 1. The zero-order valence-corrected chi connectivity index (χ0v) is 8.10. The predicted octanol–water partition coefficient (Wildman–Crippen LogP) is 0.298. The molecule has 0 saturated carbocycles. The molecule has 80 valence electrons. The average Bonchev–Trinajstić information content (AvgIpc) is 2.12. The summed E-state index contributed by atoms with van der Waals surface area (Å²) in [5.41, 5.74) is 5.24. The number of carbonyl (C=O) groups is 2. The molecule has 0 fully saturated rings. The third-order valence-electron chi connectivity index (χ3n) is 1.50. The average molecular weight is 201 g/mol. The van der Waals surface area contributed by atoms with Crippen LogP contribution in [0.5, 0.6) is 0 Å². The van der Waals surface area contributed by atoms with Crippen LogP contribution in [0.3, 0.4) is 0 Å². The van der Waals surface area contributed by atoms with Crippen molar-refractivity contribution in [2.24, 2.45) is 5.73 Å². The van der Waals surface area contributed by atoms with Crippen LogP contribution in [0.1, 0.15) is 19.8 Å². The Bertz CT molecular complexity index is 225. The molecule has 0 rings (SSSR count). The smallest absolute Gasteiger partial charge is 0.330 e. The highest BCUT2D eigenvalue weighted by Gasteiger charge is 2.08. The molecule has 0 amide bonds. The Labute approximate surface area is 82.5 Å². The van der Waals surface area contributed by atoms with E-state index in [0.29, 0.717) is 19.4 Å². The SMILES string of the molecule is CCOC(=O)/C=C/CC[C@H](N)C(=O)O. The van der Waals surface area contributed by atoms with E-state index in [2.05, 4.69) is 4.74 Å². The number of esters is 1. The summed E-state index contributed by atoms with van der Waals surface area (Å²) in [7, 11) is 0. The quantitative estimate of drug-likeness (QED) is 0.476. The standard InChI is InChI=1S/C9H15NO4/c1-2-14-8(11)6-4-3-5-7(10)9(12)13/h4,6-7H,2-3,5,10H2,1H3,(H,12,13)/b6-4+/t7-/m0/s1. The van der Waals surface area contributed by atoms with Crippen molar-refractivity contribution in [2.45, 2.75) is 25.8 Å². The van der Waals surface area contributed by atoms with Gasteiger partial charge in [0.2, 0.25) is 0 Å². The molecule has 14 heavy (non-hydrogen) atoms. The first kappa shape index (κ1) is 12.6. The minimum Gasteiger partial charge on any atom is -0.480 e. The van der Waals surface area contributed by atoms with Crippen molar-refractivity contribution in [3.63, 3.8) is 0 Å². The highest BCUT2D eigenvalue weighted by molar-refractivity contribution is 5.81. The van der Waals surface area contributed by atoms with Gasteiger partial charge in [-0.2, -0.15) is 0 Å². The van der Waals surface area contributed by atoms with E-state index in [1.807, 2.05) is 0 Å². The number of carbonyl (C=O) groups excluding carboxylic acids is 1. The Kier molecular flexibility index (Phi) is 6.39. The van der Waals surface area contributed by atoms with Gasteiger partial charge in [-0.05, 0) is 19.8 Å². The van der Waals surface area contributed by atoms with Crippen LogP contribution in [0.15, 0.2) is 12.2 Å². The summed E-state index contributed by atoms with van der Waals surface area (Å²) in [5, 5.41) is 8.43. The first-order valence-corrected chi connectivity index (χ1v) is 4.39. The fraction of sp³-hybridized carbons (Fsp3) is 0.556. The molecule has 0 radical (unpaired) electrons. The maximum absolute atomic E-state index is 10.8. The molecule has 0 unspecified atom stereocenters. The molecule has 5 nitrogen and oxygen atoms in total. The van der Waals surface area contributed by atoms with Crippen LogP contribution in [-0.4, -0.2) is 29.7 Å². The van der Waals surface area contributed by atoms with Crippen molar-refractivity contribution in [2.75, 3.05) is 6.61 Å². The molecule has 0 aromatic rings. The minimum atomic E-state index is -1.03. The summed E-state index contributed by atoms with van der Waals surface area (Å²) >= 11 is 0. The van der Waals surface area contributed by atoms with Crippen LogP contribution in [-0.2, 0) is 14.3 Å². The second-order valence-corrected chi connectivity index (χ2v) is 2.68. The molecule has 0 spiro atoms. The molecular weight excluding hydrogens is 186 g/mol. The Balaban J connectivity index is 3.63. The van der Waals surface area contributed by atoms with E-state index in [-0.39, 0.29) is 0 Å². The van der Waals surface area contributed by atoms with E-state index in [4.69, 9.17) is 10.8 Å². The Morgan fingerprint density at radius 2 is 2.21 bits per heavy atom. The number of ether oxygens (including phenoxy) is 1. The molecule has 0 bridgehead atoms. The normalized spacial score (nSPS) is 12.7. The fourth-order valence-corrected chi connectivity index (χ4v) is 0.769. The van der Waals surface area contributed by atoms with Gasteiger partial charge in [-0.3, -0.25) is 4.79 Å². The summed E-state index contributed by atoms with van der Waals surface area (Å²) in [6.45, 7) is 2.05. The van der Waals surface area contributed by atoms with Crippen molar-refractivity contribution in [1.29, 1.82) is 0 Å². The predicted molar refractivity (Wildman–Crippen MR) is 50.6 cm³/mol. The molecule has 0 heterocycles. The summed E-state index contributed by atoms with van der Waals surface area (Å²) in [6.07, 6.45) is 3.59. The summed E-state index contributed by atoms with van der Waals surface area (Å²) in [6, 6.07) is -0.873. The molecule has 0 aliphatic carbocycles. The van der Waals surface area contributed by atoms with Gasteiger partial charge in [0.25, 0.3) is 0 Å². The molecule has 0 saturated heterocycles. The molecule has 5 heteroatoms. The fourth-order valence-electron chi connectivity index (χ4n) is 0.769. The van der Waals surface area contributed by atoms with Gasteiger partial charge < -0.3 is 15.6 Å². The summed E-state index contributed by atoms with van der Waals surface area (Å²) in [4.78, 5) is 21.1. The first-order valence-electron chi connectivity index (χ1n) is 4.39. The van der Waals surface area contributed by atoms with Crippen molar-refractivity contribution in [1.82, 2.24) is 0 Å². The van der Waals surface area contributed by atoms with Crippen molar-refractivity contribution >= 4 is 11.9 Å². The van der Waals surface area contributed by atoms with Gasteiger partial charge >= 0.3 is 11.9 Å². The monoisotopic (exact) mass is 201 g/mol. The number of allylic oxidation sites excluding steroid dienone is 1. The van der Waals surface area contributed by atoms with Crippen molar-refractivity contribution in [3.05, 3.63) is 12.2 Å². The number of carboxylic acid groups (broad SMARTS) is 1. The van der Waals surface area contributed by atoms with Gasteiger partial charge in [0.05, 0.1) is 6.61 Å². The lowest BCUT2D eigenvalue weighted by Crippen LogP contribution is -2.29. The molecule has 0 aromatic heterocycles. The maximum atomic E-state index is 10.8. The van der Waals surface area contributed by atoms with Crippen LogP contribution in [0.2, 0.25) is 0 Å². The Morgan fingerprint density at radius 3 is 2.71 bits per heavy atom. The van der Waals surface area contributed by atoms with E-state index in [1.165, 1.54) is 6.08 Å². The summed E-state index contributed by atoms with van der Waals surface area (Å²) in [5.74, 6) is -1.45. The lowest BCUT2D eigenvalue weighted by atomic mass is 10.1. The zero-order valence-electron chi connectivity index (χ0n) is 8.10. The van der Waals surface area contributed by atoms with Crippen LogP contribution in [0.25, 0.3) is 0 Å². The van der Waals surface area contributed by atoms with Crippen molar-refractivity contribution in [3.8, 4) is 0 Å². The molecule has 0 aliphatic rings. The maximum Gasteiger partial charge on any atom is 0.330 e. The van der Waals surface area contributed by atoms with E-state index in [9.17, 15) is 9.59 Å². The Morgan fingerprint density at radius 1 is 1.57 bits per heavy atom. The third kappa shape index (κ3) is 6.19. The van der Waals surface area contributed by atoms with Crippen LogP contribution in [0.4, 0.5) is 0 Å². The highest BCUT2D eigenvalue weighted by Crippen LogP contribution is 1.96. The highest BCUT2D eigenvalue weighted by atomic mass is 16.5. The summed E-state index contributed by atoms with van der Waals surface area (Å²) < 4.78 is 4.62. The van der Waals surface area contributed by atoms with E-state index < -0.39 is 18.0 Å². The molecule has 1 atom stereocenters. The molecule has 3 N–H and O–H groups in total. The molecular formula is C9H15NO4. The van der Waals surface area contributed by atoms with E-state index in [0.717, 1.165) is 0 Å². The number of carboxylic acids is 1. The number of rotatable bonds is 6. The Hall–Kier alpha value is -1.36. The third-order valence-corrected chi connectivity index (χ3v) is 1.50. The minimum absolute atomic E-state index is 0.311. The van der Waals surface area contributed by atoms with Crippen LogP contribution < -0.4 is 5.73 Å². The van der Waals surface area contributed by atoms with Gasteiger partial charge in [0.15, 0.2) is 0 Å². The van der Waals surface area contributed by atoms with Gasteiger partial charge in [-0.25, -0.2) is 4.79 Å². The molecule has 0 aromatic carbocycles. The van der Waals surface area contributed by atoms with Crippen LogP contribution >= 0.6 is 0 Å². The first-order chi connectivity index (χ1) is 6.57. The number of aliphatic carboxylic acids is 1. The second kappa shape index (κ2) is 7.08. The van der Waals surface area contributed by atoms with E-state index >= 15 is 0 Å². The van der Waals surface area contributed by atoms with Gasteiger partial charge in [-0.15, -0.1) is 0 Å². The second-order valence-electron chi connectivity index (χ2n) is 2.68. The van der Waals surface area contributed by atoms with Gasteiger partial charge in [-0.1, -0.05) is 6.08 Å². The number of hydrogen-bond acceptors (Lipinski definition) is 4. The zero-order chi connectivity index (χ0) is 11.0. The number of hydrogen-bond donors (Lipinski definition) is 2. The van der Waals surface area contributed by atoms with Crippen molar-refractivity contribution < 1.29 is 19.4 Å². The van der Waals surface area contributed by atoms with Gasteiger partial charge in [0, 0.05) is 6.08 Å². The van der Waals surface area contributed by atoms with Crippen LogP contribution in [0, 0.1) is 0 Å².